The summed E-state index contributed by atoms with van der Waals surface area (Å²) in [5, 5.41) is 18.8. The van der Waals surface area contributed by atoms with Gasteiger partial charge in [0.1, 0.15) is 12.4 Å². The SMILES string of the molecule is Fc1ccccc1OCC(Nc1ccc2nnnn2n1)c1ccccc1. The van der Waals surface area contributed by atoms with Gasteiger partial charge in [-0.25, -0.2) is 4.39 Å². The number of benzene rings is 2. The van der Waals surface area contributed by atoms with Gasteiger partial charge in [0.2, 0.25) is 0 Å². The summed E-state index contributed by atoms with van der Waals surface area (Å²) in [7, 11) is 0. The highest BCUT2D eigenvalue weighted by Gasteiger charge is 2.15. The Morgan fingerprint density at radius 3 is 2.65 bits per heavy atom. The highest BCUT2D eigenvalue weighted by molar-refractivity contribution is 5.44. The zero-order valence-corrected chi connectivity index (χ0v) is 13.7. The summed E-state index contributed by atoms with van der Waals surface area (Å²) >= 11 is 0. The number of hydrogen-bond acceptors (Lipinski definition) is 6. The maximum atomic E-state index is 13.8. The van der Waals surface area contributed by atoms with E-state index in [2.05, 4.69) is 25.9 Å². The van der Waals surface area contributed by atoms with Gasteiger partial charge in [0, 0.05) is 0 Å². The molecule has 130 valence electrons. The minimum absolute atomic E-state index is 0.208. The molecule has 0 amide bonds. The number of aromatic nitrogens is 5. The molecule has 2 aromatic heterocycles. The maximum Gasteiger partial charge on any atom is 0.200 e. The normalized spacial score (nSPS) is 12.0. The lowest BCUT2D eigenvalue weighted by Gasteiger charge is -2.20. The van der Waals surface area contributed by atoms with Crippen molar-refractivity contribution in [3.63, 3.8) is 0 Å². The van der Waals surface area contributed by atoms with Gasteiger partial charge >= 0.3 is 0 Å². The van der Waals surface area contributed by atoms with Gasteiger partial charge in [0.25, 0.3) is 0 Å². The molecule has 2 heterocycles. The molecule has 7 nitrogen and oxygen atoms in total. The molecular formula is C18H15FN6O. The number of nitrogens with zero attached hydrogens (tertiary/aromatic N) is 5. The maximum absolute atomic E-state index is 13.8. The number of rotatable bonds is 6. The summed E-state index contributed by atoms with van der Waals surface area (Å²) < 4.78 is 20.8. The van der Waals surface area contributed by atoms with Crippen molar-refractivity contribution in [1.82, 2.24) is 25.3 Å². The van der Waals surface area contributed by atoms with Crippen molar-refractivity contribution in [1.29, 1.82) is 0 Å². The summed E-state index contributed by atoms with van der Waals surface area (Å²) in [6, 6.07) is 19.4. The smallest absolute Gasteiger partial charge is 0.200 e. The van der Waals surface area contributed by atoms with Gasteiger partial charge in [-0.3, -0.25) is 0 Å². The lowest BCUT2D eigenvalue weighted by atomic mass is 10.1. The van der Waals surface area contributed by atoms with Gasteiger partial charge < -0.3 is 10.1 Å². The van der Waals surface area contributed by atoms with Crippen LogP contribution >= 0.6 is 0 Å². The van der Waals surface area contributed by atoms with E-state index in [1.807, 2.05) is 30.3 Å². The average Bonchev–Trinajstić information content (AvgIpc) is 3.15. The molecule has 0 radical (unpaired) electrons. The Hall–Kier alpha value is -3.55. The van der Waals surface area contributed by atoms with Gasteiger partial charge in [-0.1, -0.05) is 42.5 Å². The van der Waals surface area contributed by atoms with Crippen LogP contribution in [0.5, 0.6) is 5.75 Å². The molecule has 0 fully saturated rings. The Bertz CT molecular complexity index is 1010. The van der Waals surface area contributed by atoms with Crippen molar-refractivity contribution in [3.05, 3.63) is 78.1 Å². The molecule has 4 rings (SSSR count). The molecule has 1 atom stereocenters. The van der Waals surface area contributed by atoms with Crippen LogP contribution in [-0.4, -0.2) is 31.9 Å². The fraction of sp³-hybridized carbons (Fsp3) is 0.111. The van der Waals surface area contributed by atoms with Crippen LogP contribution in [0, 0.1) is 5.82 Å². The third kappa shape index (κ3) is 3.44. The monoisotopic (exact) mass is 350 g/mol. The lowest BCUT2D eigenvalue weighted by Crippen LogP contribution is -2.20. The first-order chi connectivity index (χ1) is 12.8. The minimum Gasteiger partial charge on any atom is -0.488 e. The molecule has 0 bridgehead atoms. The topological polar surface area (TPSA) is 77.2 Å². The molecule has 26 heavy (non-hydrogen) atoms. The minimum atomic E-state index is -0.396. The second-order valence-electron chi connectivity index (χ2n) is 5.59. The number of hydrogen-bond donors (Lipinski definition) is 1. The van der Waals surface area contributed by atoms with Crippen LogP contribution in [0.4, 0.5) is 10.2 Å². The van der Waals surface area contributed by atoms with Crippen LogP contribution in [0.3, 0.4) is 0 Å². The van der Waals surface area contributed by atoms with Crippen LogP contribution in [0.15, 0.2) is 66.7 Å². The molecule has 4 aromatic rings. The van der Waals surface area contributed by atoms with Crippen molar-refractivity contribution in [2.45, 2.75) is 6.04 Å². The number of tetrazole rings is 1. The van der Waals surface area contributed by atoms with Gasteiger partial charge in [-0.15, -0.1) is 14.8 Å². The second kappa shape index (κ2) is 7.14. The molecule has 1 N–H and O–H groups in total. The Morgan fingerprint density at radius 2 is 1.81 bits per heavy atom. The molecular weight excluding hydrogens is 335 g/mol. The predicted octanol–water partition coefficient (Wildman–Crippen LogP) is 2.89. The molecule has 0 saturated carbocycles. The van der Waals surface area contributed by atoms with E-state index in [9.17, 15) is 4.39 Å². The molecule has 2 aromatic carbocycles. The van der Waals surface area contributed by atoms with E-state index in [0.29, 0.717) is 11.5 Å². The van der Waals surface area contributed by atoms with Crippen molar-refractivity contribution in [2.24, 2.45) is 0 Å². The number of nitrogens with one attached hydrogen (secondary N) is 1. The molecule has 0 spiro atoms. The summed E-state index contributed by atoms with van der Waals surface area (Å²) in [4.78, 5) is 0. The Balaban J connectivity index is 1.57. The summed E-state index contributed by atoms with van der Waals surface area (Å²) in [6.07, 6.45) is 0. The van der Waals surface area contributed by atoms with E-state index in [-0.39, 0.29) is 18.4 Å². The Labute approximate surface area is 148 Å². The Morgan fingerprint density at radius 1 is 1.00 bits per heavy atom. The van der Waals surface area contributed by atoms with E-state index in [1.54, 1.807) is 30.3 Å². The zero-order chi connectivity index (χ0) is 17.8. The second-order valence-corrected chi connectivity index (χ2v) is 5.59. The van der Waals surface area contributed by atoms with E-state index in [0.717, 1.165) is 5.56 Å². The van der Waals surface area contributed by atoms with Gasteiger partial charge in [-0.2, -0.15) is 0 Å². The standard InChI is InChI=1S/C18H15FN6O/c19-14-8-4-5-9-16(14)26-12-15(13-6-2-1-3-7-13)20-17-10-11-18-21-23-24-25(18)22-17/h1-11,15H,12H2,(H,20,22). The van der Waals surface area contributed by atoms with Gasteiger partial charge in [0.05, 0.1) is 6.04 Å². The number of fused-ring (bicyclic) bond motifs is 1. The first kappa shape index (κ1) is 15.9. The number of para-hydroxylation sites is 1. The third-order valence-corrected chi connectivity index (χ3v) is 3.84. The first-order valence-corrected chi connectivity index (χ1v) is 8.04. The van der Waals surface area contributed by atoms with Crippen LogP contribution in [0.2, 0.25) is 0 Å². The first-order valence-electron chi connectivity index (χ1n) is 8.04. The van der Waals surface area contributed by atoms with Crippen LogP contribution in [-0.2, 0) is 0 Å². The highest BCUT2D eigenvalue weighted by atomic mass is 19.1. The van der Waals surface area contributed by atoms with E-state index in [1.165, 1.54) is 10.7 Å². The summed E-state index contributed by atoms with van der Waals surface area (Å²) in [5.41, 5.74) is 1.54. The van der Waals surface area contributed by atoms with E-state index >= 15 is 0 Å². The molecule has 0 aliphatic heterocycles. The zero-order valence-electron chi connectivity index (χ0n) is 13.7. The number of ether oxygens (including phenoxy) is 1. The Kier molecular flexibility index (Phi) is 4.38. The van der Waals surface area contributed by atoms with Crippen LogP contribution in [0.1, 0.15) is 11.6 Å². The summed E-state index contributed by atoms with van der Waals surface area (Å²) in [5.74, 6) is 0.391. The molecule has 1 unspecified atom stereocenters. The van der Waals surface area contributed by atoms with Crippen molar-refractivity contribution < 1.29 is 9.13 Å². The summed E-state index contributed by atoms with van der Waals surface area (Å²) in [6.45, 7) is 0.222. The predicted molar refractivity (Wildman–Crippen MR) is 93.3 cm³/mol. The fourth-order valence-electron chi connectivity index (χ4n) is 2.55. The van der Waals surface area contributed by atoms with Crippen molar-refractivity contribution in [3.8, 4) is 5.75 Å². The molecule has 0 aliphatic carbocycles. The van der Waals surface area contributed by atoms with Gasteiger partial charge in [0.15, 0.2) is 17.2 Å². The highest BCUT2D eigenvalue weighted by Crippen LogP contribution is 2.22. The van der Waals surface area contributed by atoms with Crippen LogP contribution in [0.25, 0.3) is 5.65 Å². The van der Waals surface area contributed by atoms with Crippen molar-refractivity contribution >= 4 is 11.5 Å². The van der Waals surface area contributed by atoms with E-state index in [4.69, 9.17) is 4.74 Å². The molecule has 0 saturated heterocycles. The van der Waals surface area contributed by atoms with Crippen molar-refractivity contribution in [2.75, 3.05) is 11.9 Å². The third-order valence-electron chi connectivity index (χ3n) is 3.84. The molecule has 0 aliphatic rings. The fourth-order valence-corrected chi connectivity index (χ4v) is 2.55. The van der Waals surface area contributed by atoms with Crippen LogP contribution < -0.4 is 10.1 Å². The number of anilines is 1. The lowest BCUT2D eigenvalue weighted by molar-refractivity contribution is 0.284. The molecule has 8 heteroatoms. The quantitative estimate of drug-likeness (QED) is 0.576. The van der Waals surface area contributed by atoms with Gasteiger partial charge in [-0.05, 0) is 40.3 Å². The van der Waals surface area contributed by atoms with E-state index < -0.39 is 5.82 Å². The average molecular weight is 350 g/mol. The number of halogens is 1. The largest absolute Gasteiger partial charge is 0.488 e.